The number of ether oxygens (including phenoxy) is 1. The van der Waals surface area contributed by atoms with Crippen LogP contribution in [0.2, 0.25) is 0 Å². The summed E-state index contributed by atoms with van der Waals surface area (Å²) in [6.07, 6.45) is 0. The van der Waals surface area contributed by atoms with Gasteiger partial charge in [-0.2, -0.15) is 0 Å². The Balaban J connectivity index is 2.47. The molecule has 0 spiro atoms. The molecule has 0 heterocycles. The molecule has 0 aromatic heterocycles. The number of hydrogen-bond acceptors (Lipinski definition) is 3. The molecule has 0 radical (unpaired) electrons. The van der Waals surface area contributed by atoms with Crippen molar-refractivity contribution >= 4 is 21.6 Å². The zero-order valence-electron chi connectivity index (χ0n) is 12.1. The molecular weight excluding hydrogens is 334 g/mol. The molecule has 2 rings (SSSR count). The number of nitrogens with zero attached hydrogens (tertiary/aromatic N) is 1. The maximum absolute atomic E-state index is 11.2. The molecule has 110 valence electrons. The Morgan fingerprint density at radius 2 is 1.86 bits per heavy atom. The van der Waals surface area contributed by atoms with Crippen molar-refractivity contribution in [2.45, 2.75) is 26.7 Å². The summed E-state index contributed by atoms with van der Waals surface area (Å²) in [7, 11) is 0. The molecule has 0 atom stereocenters. The Kier molecular flexibility index (Phi) is 4.63. The molecule has 0 aliphatic rings. The van der Waals surface area contributed by atoms with Gasteiger partial charge in [0, 0.05) is 10.5 Å². The summed E-state index contributed by atoms with van der Waals surface area (Å²) in [5.74, 6) is 1.18. The Hall–Kier alpha value is -1.88. The standard InChI is InChI=1S/C16H16BrNO3/c1-10(2)13-6-4-11(3)8-16(13)21-15-7-5-12(17)9-14(15)18(19)20/h4-10H,1-3H3. The Morgan fingerprint density at radius 1 is 1.14 bits per heavy atom. The first-order chi connectivity index (χ1) is 9.88. The number of nitro groups is 1. The molecule has 0 fully saturated rings. The maximum atomic E-state index is 11.2. The van der Waals surface area contributed by atoms with Crippen LogP contribution in [0.3, 0.4) is 0 Å². The first-order valence-corrected chi connectivity index (χ1v) is 7.40. The lowest BCUT2D eigenvalue weighted by atomic mass is 10.0. The van der Waals surface area contributed by atoms with Gasteiger partial charge in [-0.05, 0) is 42.2 Å². The van der Waals surface area contributed by atoms with Crippen LogP contribution >= 0.6 is 15.9 Å². The van der Waals surface area contributed by atoms with Gasteiger partial charge in [0.1, 0.15) is 5.75 Å². The monoisotopic (exact) mass is 349 g/mol. The molecule has 0 aliphatic carbocycles. The summed E-state index contributed by atoms with van der Waals surface area (Å²) in [5.41, 5.74) is 2.02. The summed E-state index contributed by atoms with van der Waals surface area (Å²) >= 11 is 3.24. The van der Waals surface area contributed by atoms with Gasteiger partial charge >= 0.3 is 5.69 Å². The lowest BCUT2D eigenvalue weighted by Gasteiger charge is -2.14. The van der Waals surface area contributed by atoms with E-state index in [1.165, 1.54) is 6.07 Å². The fourth-order valence-corrected chi connectivity index (χ4v) is 2.39. The maximum Gasteiger partial charge on any atom is 0.312 e. The lowest BCUT2D eigenvalue weighted by molar-refractivity contribution is -0.385. The number of nitro benzene ring substituents is 1. The third-order valence-electron chi connectivity index (χ3n) is 3.13. The summed E-state index contributed by atoms with van der Waals surface area (Å²) in [6, 6.07) is 10.7. The van der Waals surface area contributed by atoms with Crippen LogP contribution in [0.15, 0.2) is 40.9 Å². The van der Waals surface area contributed by atoms with Gasteiger partial charge in [-0.15, -0.1) is 0 Å². The molecule has 21 heavy (non-hydrogen) atoms. The van der Waals surface area contributed by atoms with Crippen LogP contribution in [-0.2, 0) is 0 Å². The third-order valence-corrected chi connectivity index (χ3v) is 3.62. The van der Waals surface area contributed by atoms with E-state index in [1.54, 1.807) is 12.1 Å². The normalized spacial score (nSPS) is 10.7. The van der Waals surface area contributed by atoms with Crippen LogP contribution in [0.25, 0.3) is 0 Å². The predicted octanol–water partition coefficient (Wildman–Crippen LogP) is 5.58. The molecule has 0 bridgehead atoms. The number of hydrogen-bond donors (Lipinski definition) is 0. The van der Waals surface area contributed by atoms with E-state index in [4.69, 9.17) is 4.74 Å². The van der Waals surface area contributed by atoms with E-state index >= 15 is 0 Å². The average Bonchev–Trinajstić information content (AvgIpc) is 2.40. The van der Waals surface area contributed by atoms with Gasteiger partial charge in [-0.1, -0.05) is 41.9 Å². The lowest BCUT2D eigenvalue weighted by Crippen LogP contribution is -1.97. The summed E-state index contributed by atoms with van der Waals surface area (Å²) in [5, 5.41) is 11.2. The molecule has 2 aromatic rings. The molecule has 0 saturated carbocycles. The molecule has 4 nitrogen and oxygen atoms in total. The first-order valence-electron chi connectivity index (χ1n) is 6.61. The highest BCUT2D eigenvalue weighted by Gasteiger charge is 2.18. The fourth-order valence-electron chi connectivity index (χ4n) is 2.04. The summed E-state index contributed by atoms with van der Waals surface area (Å²) < 4.78 is 6.48. The van der Waals surface area contributed by atoms with Crippen molar-refractivity contribution in [1.82, 2.24) is 0 Å². The molecule has 5 heteroatoms. The minimum absolute atomic E-state index is 0.0550. The minimum atomic E-state index is -0.440. The van der Waals surface area contributed by atoms with Crippen LogP contribution in [0, 0.1) is 17.0 Å². The van der Waals surface area contributed by atoms with E-state index < -0.39 is 4.92 Å². The molecule has 0 saturated heterocycles. The van der Waals surface area contributed by atoms with Gasteiger partial charge < -0.3 is 4.74 Å². The van der Waals surface area contributed by atoms with Gasteiger partial charge in [0.25, 0.3) is 0 Å². The average molecular weight is 350 g/mol. The highest BCUT2D eigenvalue weighted by molar-refractivity contribution is 9.10. The number of halogens is 1. The van der Waals surface area contributed by atoms with E-state index in [0.717, 1.165) is 11.1 Å². The van der Waals surface area contributed by atoms with E-state index in [9.17, 15) is 10.1 Å². The number of aryl methyl sites for hydroxylation is 1. The van der Waals surface area contributed by atoms with Gasteiger partial charge in [0.05, 0.1) is 4.92 Å². The van der Waals surface area contributed by atoms with Crippen LogP contribution < -0.4 is 4.74 Å². The molecule has 0 N–H and O–H groups in total. The highest BCUT2D eigenvalue weighted by atomic mass is 79.9. The van der Waals surface area contributed by atoms with Gasteiger partial charge in [0.15, 0.2) is 0 Å². The largest absolute Gasteiger partial charge is 0.450 e. The minimum Gasteiger partial charge on any atom is -0.450 e. The second kappa shape index (κ2) is 6.26. The molecule has 0 unspecified atom stereocenters. The Bertz CT molecular complexity index is 683. The SMILES string of the molecule is Cc1ccc(C(C)C)c(Oc2ccc(Br)cc2[N+](=O)[O-])c1. The van der Waals surface area contributed by atoms with Gasteiger partial charge in [-0.3, -0.25) is 10.1 Å². The zero-order chi connectivity index (χ0) is 15.6. The van der Waals surface area contributed by atoms with Crippen molar-refractivity contribution in [3.63, 3.8) is 0 Å². The fraction of sp³-hybridized carbons (Fsp3) is 0.250. The van der Waals surface area contributed by atoms with Gasteiger partial charge in [0.2, 0.25) is 5.75 Å². The van der Waals surface area contributed by atoms with Crippen LogP contribution in [0.4, 0.5) is 5.69 Å². The predicted molar refractivity (Wildman–Crippen MR) is 86.1 cm³/mol. The Morgan fingerprint density at radius 3 is 2.48 bits per heavy atom. The van der Waals surface area contributed by atoms with Crippen LogP contribution in [0.1, 0.15) is 30.9 Å². The topological polar surface area (TPSA) is 52.4 Å². The quantitative estimate of drug-likeness (QED) is 0.534. The summed E-state index contributed by atoms with van der Waals surface area (Å²) in [6.45, 7) is 6.09. The van der Waals surface area contributed by atoms with Crippen molar-refractivity contribution in [3.05, 3.63) is 62.1 Å². The summed E-state index contributed by atoms with van der Waals surface area (Å²) in [4.78, 5) is 10.7. The van der Waals surface area contributed by atoms with Crippen molar-refractivity contribution in [2.75, 3.05) is 0 Å². The smallest absolute Gasteiger partial charge is 0.312 e. The molecule has 0 aliphatic heterocycles. The number of rotatable bonds is 4. The molecule has 0 amide bonds. The Labute approximate surface area is 132 Å². The van der Waals surface area contributed by atoms with Crippen molar-refractivity contribution in [2.24, 2.45) is 0 Å². The van der Waals surface area contributed by atoms with E-state index in [-0.39, 0.29) is 17.4 Å². The second-order valence-corrected chi connectivity index (χ2v) is 6.08. The first kappa shape index (κ1) is 15.5. The second-order valence-electron chi connectivity index (χ2n) is 5.17. The highest BCUT2D eigenvalue weighted by Crippen LogP contribution is 2.37. The molecular formula is C16H16BrNO3. The van der Waals surface area contributed by atoms with Crippen molar-refractivity contribution in [3.8, 4) is 11.5 Å². The van der Waals surface area contributed by atoms with E-state index in [1.807, 2.05) is 25.1 Å². The number of benzene rings is 2. The van der Waals surface area contributed by atoms with Crippen LogP contribution in [-0.4, -0.2) is 4.92 Å². The van der Waals surface area contributed by atoms with Crippen molar-refractivity contribution in [1.29, 1.82) is 0 Å². The van der Waals surface area contributed by atoms with E-state index in [0.29, 0.717) is 10.2 Å². The van der Waals surface area contributed by atoms with Gasteiger partial charge in [-0.25, -0.2) is 0 Å². The van der Waals surface area contributed by atoms with Crippen molar-refractivity contribution < 1.29 is 9.66 Å². The third kappa shape index (κ3) is 3.61. The van der Waals surface area contributed by atoms with Crippen LogP contribution in [0.5, 0.6) is 11.5 Å². The zero-order valence-corrected chi connectivity index (χ0v) is 13.7. The molecule has 2 aromatic carbocycles. The van der Waals surface area contributed by atoms with E-state index in [2.05, 4.69) is 29.8 Å².